The highest BCUT2D eigenvalue weighted by atomic mass is 16.1. The van der Waals surface area contributed by atoms with Gasteiger partial charge in [0.1, 0.15) is 16.9 Å². The summed E-state index contributed by atoms with van der Waals surface area (Å²) in [6.07, 6.45) is 7.34. The monoisotopic (exact) mass is 442 g/mol. The van der Waals surface area contributed by atoms with Crippen LogP contribution in [-0.4, -0.2) is 33.3 Å². The summed E-state index contributed by atoms with van der Waals surface area (Å²) in [5, 5.41) is 7.57. The SMILES string of the molecule is CCCCCCCNC(=O)c1c(N)n(N=Cc2cccc(C)c2)c2nc3ccccc3nc12. The van der Waals surface area contributed by atoms with Gasteiger partial charge in [-0.3, -0.25) is 4.79 Å². The lowest BCUT2D eigenvalue weighted by atomic mass is 10.1. The van der Waals surface area contributed by atoms with E-state index >= 15 is 0 Å². The van der Waals surface area contributed by atoms with Gasteiger partial charge in [-0.25, -0.2) is 9.97 Å². The fourth-order valence-corrected chi connectivity index (χ4v) is 3.88. The molecule has 2 heterocycles. The van der Waals surface area contributed by atoms with Crippen molar-refractivity contribution in [2.75, 3.05) is 12.3 Å². The first-order valence-corrected chi connectivity index (χ1v) is 11.5. The van der Waals surface area contributed by atoms with Gasteiger partial charge in [0.05, 0.1) is 17.2 Å². The molecule has 0 saturated heterocycles. The Kier molecular flexibility index (Phi) is 6.98. The van der Waals surface area contributed by atoms with Gasteiger partial charge in [-0.15, -0.1) is 0 Å². The molecule has 0 bridgehead atoms. The Labute approximate surface area is 193 Å². The normalized spacial score (nSPS) is 11.6. The van der Waals surface area contributed by atoms with E-state index in [2.05, 4.69) is 17.3 Å². The van der Waals surface area contributed by atoms with Crippen molar-refractivity contribution in [3.63, 3.8) is 0 Å². The van der Waals surface area contributed by atoms with Crippen molar-refractivity contribution in [1.29, 1.82) is 0 Å². The first-order chi connectivity index (χ1) is 16.1. The number of unbranched alkanes of at least 4 members (excludes halogenated alkanes) is 4. The Hall–Kier alpha value is -3.74. The molecule has 4 aromatic rings. The van der Waals surface area contributed by atoms with Crippen LogP contribution in [0.15, 0.2) is 53.6 Å². The number of carbonyl (C=O) groups excluding carboxylic acids is 1. The van der Waals surface area contributed by atoms with Gasteiger partial charge in [-0.05, 0) is 31.0 Å². The van der Waals surface area contributed by atoms with Crippen molar-refractivity contribution in [1.82, 2.24) is 20.0 Å². The van der Waals surface area contributed by atoms with E-state index < -0.39 is 0 Å². The van der Waals surface area contributed by atoms with Crippen LogP contribution in [0.2, 0.25) is 0 Å². The smallest absolute Gasteiger partial charge is 0.257 e. The average Bonchev–Trinajstić information content (AvgIpc) is 3.08. The molecule has 0 unspecified atom stereocenters. The predicted molar refractivity (Wildman–Crippen MR) is 135 cm³/mol. The van der Waals surface area contributed by atoms with Crippen molar-refractivity contribution < 1.29 is 4.79 Å². The van der Waals surface area contributed by atoms with E-state index in [9.17, 15) is 4.79 Å². The number of nitrogens with one attached hydrogen (secondary N) is 1. The lowest BCUT2D eigenvalue weighted by Crippen LogP contribution is -2.25. The van der Waals surface area contributed by atoms with E-state index in [1.54, 1.807) is 6.21 Å². The van der Waals surface area contributed by atoms with Crippen molar-refractivity contribution in [2.45, 2.75) is 46.0 Å². The van der Waals surface area contributed by atoms with Crippen LogP contribution in [0, 0.1) is 6.92 Å². The molecule has 3 N–H and O–H groups in total. The molecule has 7 nitrogen and oxygen atoms in total. The molecule has 0 aliphatic heterocycles. The maximum atomic E-state index is 13.1. The van der Waals surface area contributed by atoms with Gasteiger partial charge in [0.25, 0.3) is 5.91 Å². The zero-order valence-corrected chi connectivity index (χ0v) is 19.2. The summed E-state index contributed by atoms with van der Waals surface area (Å²) >= 11 is 0. The third-order valence-electron chi connectivity index (χ3n) is 5.63. The van der Waals surface area contributed by atoms with E-state index in [-0.39, 0.29) is 11.7 Å². The minimum absolute atomic E-state index is 0.229. The number of carbonyl (C=O) groups is 1. The van der Waals surface area contributed by atoms with Gasteiger partial charge >= 0.3 is 0 Å². The van der Waals surface area contributed by atoms with E-state index in [1.165, 1.54) is 23.9 Å². The molecule has 1 amide bonds. The Bertz CT molecular complexity index is 1310. The summed E-state index contributed by atoms with van der Waals surface area (Å²) in [7, 11) is 0. The fourth-order valence-electron chi connectivity index (χ4n) is 3.88. The Morgan fingerprint density at radius 2 is 1.82 bits per heavy atom. The average molecular weight is 443 g/mol. The Morgan fingerprint density at radius 1 is 1.06 bits per heavy atom. The first-order valence-electron chi connectivity index (χ1n) is 11.5. The number of benzene rings is 2. The maximum absolute atomic E-state index is 13.1. The second kappa shape index (κ2) is 10.3. The maximum Gasteiger partial charge on any atom is 0.257 e. The quantitative estimate of drug-likeness (QED) is 0.280. The van der Waals surface area contributed by atoms with Crippen LogP contribution in [0.5, 0.6) is 0 Å². The first kappa shape index (κ1) is 22.5. The van der Waals surface area contributed by atoms with Crippen LogP contribution < -0.4 is 11.1 Å². The van der Waals surface area contributed by atoms with Crippen molar-refractivity contribution in [3.8, 4) is 0 Å². The number of fused-ring (bicyclic) bond motifs is 2. The highest BCUT2D eigenvalue weighted by Crippen LogP contribution is 2.27. The van der Waals surface area contributed by atoms with E-state index in [4.69, 9.17) is 15.7 Å². The molecular weight excluding hydrogens is 412 g/mol. The number of para-hydroxylation sites is 2. The highest BCUT2D eigenvalue weighted by Gasteiger charge is 2.23. The number of nitrogen functional groups attached to an aromatic ring is 1. The number of amides is 1. The molecule has 0 aliphatic carbocycles. The molecule has 33 heavy (non-hydrogen) atoms. The van der Waals surface area contributed by atoms with Crippen LogP contribution in [0.3, 0.4) is 0 Å². The molecule has 0 atom stereocenters. The van der Waals surface area contributed by atoms with Crippen molar-refractivity contribution in [2.24, 2.45) is 5.10 Å². The fraction of sp³-hybridized carbons (Fsp3) is 0.308. The molecule has 7 heteroatoms. The van der Waals surface area contributed by atoms with Crippen LogP contribution in [0.25, 0.3) is 22.2 Å². The van der Waals surface area contributed by atoms with Crippen LogP contribution >= 0.6 is 0 Å². The van der Waals surface area contributed by atoms with Gasteiger partial charge in [-0.1, -0.05) is 74.6 Å². The Balaban J connectivity index is 1.70. The lowest BCUT2D eigenvalue weighted by molar-refractivity contribution is 0.0955. The second-order valence-electron chi connectivity index (χ2n) is 8.29. The van der Waals surface area contributed by atoms with Gasteiger partial charge in [0, 0.05) is 6.54 Å². The number of aryl methyl sites for hydroxylation is 1. The molecule has 170 valence electrons. The standard InChI is InChI=1S/C26H30N6O/c1-3-4-5-6-9-15-28-26(33)22-23-25(31-21-14-8-7-13-20(21)30-23)32(24(22)27)29-17-19-12-10-11-18(2)16-19/h7-8,10-14,16-17H,3-6,9,15,27H2,1-2H3,(H,28,33). The van der Waals surface area contributed by atoms with E-state index in [0.717, 1.165) is 29.5 Å². The topological polar surface area (TPSA) is 98.2 Å². The summed E-state index contributed by atoms with van der Waals surface area (Å²) in [6, 6.07) is 15.6. The third kappa shape index (κ3) is 5.03. The molecular formula is C26H30N6O. The number of aromatic nitrogens is 3. The largest absolute Gasteiger partial charge is 0.383 e. The van der Waals surface area contributed by atoms with Gasteiger partial charge in [-0.2, -0.15) is 9.78 Å². The third-order valence-corrected chi connectivity index (χ3v) is 5.63. The number of nitrogens with two attached hydrogens (primary N) is 1. The van der Waals surface area contributed by atoms with Crippen LogP contribution in [0.1, 0.15) is 60.5 Å². The van der Waals surface area contributed by atoms with Gasteiger partial charge < -0.3 is 11.1 Å². The Morgan fingerprint density at radius 3 is 2.58 bits per heavy atom. The van der Waals surface area contributed by atoms with Crippen LogP contribution in [0.4, 0.5) is 5.82 Å². The molecule has 2 aromatic heterocycles. The van der Waals surface area contributed by atoms with Gasteiger partial charge in [0.15, 0.2) is 5.65 Å². The molecule has 0 fully saturated rings. The zero-order chi connectivity index (χ0) is 23.2. The summed E-state index contributed by atoms with van der Waals surface area (Å²) < 4.78 is 1.51. The van der Waals surface area contributed by atoms with E-state index in [0.29, 0.717) is 28.8 Å². The predicted octanol–water partition coefficient (Wildman–Crippen LogP) is 5.06. The van der Waals surface area contributed by atoms with Crippen molar-refractivity contribution in [3.05, 3.63) is 65.2 Å². The summed E-state index contributed by atoms with van der Waals surface area (Å²) in [5.74, 6) is -0.0187. The number of hydrogen-bond acceptors (Lipinski definition) is 5. The summed E-state index contributed by atoms with van der Waals surface area (Å²) in [6.45, 7) is 4.81. The molecule has 4 rings (SSSR count). The molecule has 0 aliphatic rings. The number of rotatable bonds is 9. The number of anilines is 1. The van der Waals surface area contributed by atoms with Gasteiger partial charge in [0.2, 0.25) is 0 Å². The summed E-state index contributed by atoms with van der Waals surface area (Å²) in [4.78, 5) is 22.6. The van der Waals surface area contributed by atoms with Crippen molar-refractivity contribution >= 4 is 40.1 Å². The highest BCUT2D eigenvalue weighted by molar-refractivity contribution is 6.10. The number of hydrogen-bond donors (Lipinski definition) is 2. The molecule has 0 spiro atoms. The second-order valence-corrected chi connectivity index (χ2v) is 8.29. The lowest BCUT2D eigenvalue weighted by Gasteiger charge is -2.05. The molecule has 0 saturated carbocycles. The minimum Gasteiger partial charge on any atom is -0.383 e. The van der Waals surface area contributed by atoms with Crippen LogP contribution in [-0.2, 0) is 0 Å². The summed E-state index contributed by atoms with van der Waals surface area (Å²) in [5.41, 5.74) is 11.2. The number of nitrogens with zero attached hydrogens (tertiary/aromatic N) is 4. The zero-order valence-electron chi connectivity index (χ0n) is 19.2. The molecule has 0 radical (unpaired) electrons. The molecule has 2 aromatic carbocycles. The van der Waals surface area contributed by atoms with E-state index in [1.807, 2.05) is 55.5 Å². The minimum atomic E-state index is -0.248.